The average Bonchev–Trinajstić information content (AvgIpc) is 2.51. The highest BCUT2D eigenvalue weighted by Crippen LogP contribution is 2.11. The Morgan fingerprint density at radius 3 is 2.71 bits per heavy atom. The number of carbonyl (C=O) groups is 1. The normalized spacial score (nSPS) is 9.38. The second kappa shape index (κ2) is 7.76. The van der Waals surface area contributed by atoms with Crippen LogP contribution >= 0.6 is 0 Å². The molecule has 1 amide bonds. The van der Waals surface area contributed by atoms with Gasteiger partial charge < -0.3 is 10.1 Å². The predicted octanol–water partition coefficient (Wildman–Crippen LogP) is 2.54. The van der Waals surface area contributed by atoms with Crippen LogP contribution in [-0.4, -0.2) is 19.1 Å². The van der Waals surface area contributed by atoms with Gasteiger partial charge in [-0.3, -0.25) is 4.79 Å². The number of rotatable bonds is 4. The zero-order valence-corrected chi connectivity index (χ0v) is 11.9. The van der Waals surface area contributed by atoms with Gasteiger partial charge in [0.1, 0.15) is 5.75 Å². The van der Waals surface area contributed by atoms with E-state index in [9.17, 15) is 4.79 Å². The topological polar surface area (TPSA) is 38.3 Å². The van der Waals surface area contributed by atoms with Crippen molar-refractivity contribution < 1.29 is 9.53 Å². The van der Waals surface area contributed by atoms with Gasteiger partial charge in [-0.25, -0.2) is 0 Å². The van der Waals surface area contributed by atoms with Crippen LogP contribution in [0.2, 0.25) is 0 Å². The highest BCUT2D eigenvalue weighted by molar-refractivity contribution is 5.77. The summed E-state index contributed by atoms with van der Waals surface area (Å²) in [5, 5.41) is 2.70. The number of aryl methyl sites for hydroxylation is 1. The van der Waals surface area contributed by atoms with Crippen molar-refractivity contribution in [2.75, 3.05) is 13.2 Å². The number of hydrogen-bond donors (Lipinski definition) is 1. The second-order valence-electron chi connectivity index (χ2n) is 4.55. The van der Waals surface area contributed by atoms with Crippen molar-refractivity contribution in [1.82, 2.24) is 5.32 Å². The Bertz CT molecular complexity index is 654. The molecule has 0 atom stereocenters. The highest BCUT2D eigenvalue weighted by Gasteiger charge is 2.01. The van der Waals surface area contributed by atoms with Crippen LogP contribution in [0.4, 0.5) is 0 Å². The molecule has 3 nitrogen and oxygen atoms in total. The Labute approximate surface area is 125 Å². The van der Waals surface area contributed by atoms with Crippen molar-refractivity contribution in [3.63, 3.8) is 0 Å². The van der Waals surface area contributed by atoms with E-state index >= 15 is 0 Å². The standard InChI is InChI=1S/C18H17NO2/c1-15-7-5-11-17(13-15)21-14-18(20)19-12-6-10-16-8-3-2-4-9-16/h2-5,7-9,11,13H,12,14H2,1H3,(H,19,20). The van der Waals surface area contributed by atoms with Gasteiger partial charge in [-0.2, -0.15) is 0 Å². The zero-order chi connectivity index (χ0) is 14.9. The van der Waals surface area contributed by atoms with E-state index in [1.807, 2.05) is 61.5 Å². The van der Waals surface area contributed by atoms with Gasteiger partial charge in [0.05, 0.1) is 6.54 Å². The number of carbonyl (C=O) groups excluding carboxylic acids is 1. The molecule has 0 saturated carbocycles. The lowest BCUT2D eigenvalue weighted by atomic mass is 10.2. The van der Waals surface area contributed by atoms with Gasteiger partial charge >= 0.3 is 0 Å². The van der Waals surface area contributed by atoms with Crippen molar-refractivity contribution in [1.29, 1.82) is 0 Å². The van der Waals surface area contributed by atoms with Crippen molar-refractivity contribution in [3.05, 3.63) is 65.7 Å². The number of nitrogens with one attached hydrogen (secondary N) is 1. The molecule has 0 fully saturated rings. The van der Waals surface area contributed by atoms with Crippen LogP contribution in [0.5, 0.6) is 5.75 Å². The Morgan fingerprint density at radius 2 is 1.95 bits per heavy atom. The Kier molecular flexibility index (Phi) is 5.42. The summed E-state index contributed by atoms with van der Waals surface area (Å²) in [4.78, 5) is 11.6. The summed E-state index contributed by atoms with van der Waals surface area (Å²) in [5.74, 6) is 6.39. The second-order valence-corrected chi connectivity index (χ2v) is 4.55. The van der Waals surface area contributed by atoms with Crippen LogP contribution in [0, 0.1) is 18.8 Å². The van der Waals surface area contributed by atoms with Gasteiger partial charge in [-0.15, -0.1) is 0 Å². The monoisotopic (exact) mass is 279 g/mol. The molecule has 21 heavy (non-hydrogen) atoms. The van der Waals surface area contributed by atoms with E-state index in [0.29, 0.717) is 12.3 Å². The molecule has 0 aliphatic carbocycles. The van der Waals surface area contributed by atoms with Gasteiger partial charge in [-0.05, 0) is 36.8 Å². The molecular weight excluding hydrogens is 262 g/mol. The fourth-order valence-electron chi connectivity index (χ4n) is 1.72. The molecule has 0 aliphatic heterocycles. The molecule has 2 aromatic carbocycles. The molecule has 3 heteroatoms. The molecule has 0 heterocycles. The van der Waals surface area contributed by atoms with Crippen LogP contribution in [0.15, 0.2) is 54.6 Å². The van der Waals surface area contributed by atoms with Gasteiger partial charge in [-0.1, -0.05) is 42.2 Å². The smallest absolute Gasteiger partial charge is 0.258 e. The van der Waals surface area contributed by atoms with Gasteiger partial charge in [0.25, 0.3) is 5.91 Å². The maximum Gasteiger partial charge on any atom is 0.258 e. The molecule has 0 radical (unpaired) electrons. The van der Waals surface area contributed by atoms with E-state index in [0.717, 1.165) is 11.1 Å². The van der Waals surface area contributed by atoms with Crippen molar-refractivity contribution in [3.8, 4) is 17.6 Å². The SMILES string of the molecule is Cc1cccc(OCC(=O)NCC#Cc2ccccc2)c1. The minimum Gasteiger partial charge on any atom is -0.484 e. The lowest BCUT2D eigenvalue weighted by Gasteiger charge is -2.06. The molecular formula is C18H17NO2. The van der Waals surface area contributed by atoms with Crippen LogP contribution in [0.3, 0.4) is 0 Å². The molecule has 2 rings (SSSR count). The summed E-state index contributed by atoms with van der Waals surface area (Å²) < 4.78 is 5.40. The van der Waals surface area contributed by atoms with Crippen molar-refractivity contribution in [2.45, 2.75) is 6.92 Å². The molecule has 0 aromatic heterocycles. The van der Waals surface area contributed by atoms with E-state index in [4.69, 9.17) is 4.74 Å². The lowest BCUT2D eigenvalue weighted by molar-refractivity contribution is -0.122. The summed E-state index contributed by atoms with van der Waals surface area (Å²) in [6.07, 6.45) is 0. The minimum absolute atomic E-state index is 0.00350. The summed E-state index contributed by atoms with van der Waals surface area (Å²) in [5.41, 5.74) is 2.03. The van der Waals surface area contributed by atoms with Gasteiger partial charge in [0, 0.05) is 5.56 Å². The minimum atomic E-state index is -0.182. The van der Waals surface area contributed by atoms with E-state index in [-0.39, 0.29) is 12.5 Å². The lowest BCUT2D eigenvalue weighted by Crippen LogP contribution is -2.29. The van der Waals surface area contributed by atoms with E-state index < -0.39 is 0 Å². The van der Waals surface area contributed by atoms with Gasteiger partial charge in [0.2, 0.25) is 0 Å². The zero-order valence-electron chi connectivity index (χ0n) is 11.9. The number of amides is 1. The number of hydrogen-bond acceptors (Lipinski definition) is 2. The highest BCUT2D eigenvalue weighted by atomic mass is 16.5. The van der Waals surface area contributed by atoms with Gasteiger partial charge in [0.15, 0.2) is 6.61 Å². The first-order valence-corrected chi connectivity index (χ1v) is 6.74. The largest absolute Gasteiger partial charge is 0.484 e. The number of benzene rings is 2. The summed E-state index contributed by atoms with van der Waals surface area (Å²) in [7, 11) is 0. The molecule has 0 bridgehead atoms. The number of ether oxygens (including phenoxy) is 1. The molecule has 2 aromatic rings. The first-order chi connectivity index (χ1) is 10.2. The van der Waals surface area contributed by atoms with Crippen molar-refractivity contribution >= 4 is 5.91 Å². The Morgan fingerprint density at radius 1 is 1.14 bits per heavy atom. The average molecular weight is 279 g/mol. The van der Waals surface area contributed by atoms with Crippen LogP contribution < -0.4 is 10.1 Å². The Balaban J connectivity index is 1.72. The first-order valence-electron chi connectivity index (χ1n) is 6.74. The Hall–Kier alpha value is -2.73. The summed E-state index contributed by atoms with van der Waals surface area (Å²) in [6.45, 7) is 2.29. The van der Waals surface area contributed by atoms with Crippen LogP contribution in [0.1, 0.15) is 11.1 Å². The molecule has 0 aliphatic rings. The predicted molar refractivity (Wildman–Crippen MR) is 83.0 cm³/mol. The third kappa shape index (κ3) is 5.42. The molecule has 0 saturated heterocycles. The first kappa shape index (κ1) is 14.7. The molecule has 0 unspecified atom stereocenters. The molecule has 1 N–H and O–H groups in total. The molecule has 106 valence electrons. The quantitative estimate of drug-likeness (QED) is 0.873. The third-order valence-corrected chi connectivity index (χ3v) is 2.74. The molecule has 0 spiro atoms. The van der Waals surface area contributed by atoms with E-state index in [2.05, 4.69) is 17.2 Å². The van der Waals surface area contributed by atoms with Crippen LogP contribution in [-0.2, 0) is 4.79 Å². The third-order valence-electron chi connectivity index (χ3n) is 2.74. The maximum atomic E-state index is 11.6. The summed E-state index contributed by atoms with van der Waals surface area (Å²) >= 11 is 0. The van der Waals surface area contributed by atoms with E-state index in [1.54, 1.807) is 0 Å². The summed E-state index contributed by atoms with van der Waals surface area (Å²) in [6, 6.07) is 17.2. The fourth-order valence-corrected chi connectivity index (χ4v) is 1.72. The van der Waals surface area contributed by atoms with E-state index in [1.165, 1.54) is 0 Å². The van der Waals surface area contributed by atoms with Crippen molar-refractivity contribution in [2.24, 2.45) is 0 Å². The fraction of sp³-hybridized carbons (Fsp3) is 0.167. The maximum absolute atomic E-state index is 11.6. The van der Waals surface area contributed by atoms with Crippen LogP contribution in [0.25, 0.3) is 0 Å².